The van der Waals surface area contributed by atoms with Crippen molar-refractivity contribution in [1.29, 1.82) is 0 Å². The second-order valence-corrected chi connectivity index (χ2v) is 4.13. The number of Topliss-reactive ketones (excluding diaryl/α,β-unsaturated/α-hetero) is 1. The van der Waals surface area contributed by atoms with Crippen LogP contribution in [0.3, 0.4) is 0 Å². The van der Waals surface area contributed by atoms with Crippen molar-refractivity contribution in [2.75, 3.05) is 12.5 Å². The Kier molecular flexibility index (Phi) is 4.81. The van der Waals surface area contributed by atoms with Crippen LogP contribution in [0.25, 0.3) is 0 Å². The van der Waals surface area contributed by atoms with Crippen LogP contribution in [0.5, 0.6) is 5.75 Å². The van der Waals surface area contributed by atoms with Gasteiger partial charge in [0.2, 0.25) is 0 Å². The molecule has 0 bridgehead atoms. The zero-order chi connectivity index (χ0) is 12.1. The summed E-state index contributed by atoms with van der Waals surface area (Å²) in [6.45, 7) is 6.56. The highest BCUT2D eigenvalue weighted by Crippen LogP contribution is 2.26. The third-order valence-corrected chi connectivity index (χ3v) is 2.53. The molecule has 0 saturated heterocycles. The molecule has 0 amide bonds. The Balaban J connectivity index is 3.15. The molecule has 0 fully saturated rings. The van der Waals surface area contributed by atoms with Gasteiger partial charge in [0.15, 0.2) is 5.78 Å². The first kappa shape index (κ1) is 13.0. The van der Waals surface area contributed by atoms with Crippen molar-refractivity contribution in [3.05, 3.63) is 28.8 Å². The van der Waals surface area contributed by atoms with Crippen molar-refractivity contribution >= 4 is 17.4 Å². The van der Waals surface area contributed by atoms with Gasteiger partial charge in [-0.3, -0.25) is 4.79 Å². The van der Waals surface area contributed by atoms with Gasteiger partial charge in [-0.25, -0.2) is 0 Å². The van der Waals surface area contributed by atoms with Crippen molar-refractivity contribution in [3.63, 3.8) is 0 Å². The van der Waals surface area contributed by atoms with Gasteiger partial charge in [0.05, 0.1) is 18.1 Å². The predicted octanol–water partition coefficient (Wildman–Crippen LogP) is 3.51. The average Bonchev–Trinajstić information content (AvgIpc) is 2.26. The summed E-state index contributed by atoms with van der Waals surface area (Å²) < 4.78 is 5.62. The Morgan fingerprint density at radius 1 is 1.38 bits per heavy atom. The number of benzene rings is 1. The molecule has 0 unspecified atom stereocenters. The van der Waals surface area contributed by atoms with E-state index in [2.05, 4.69) is 0 Å². The third kappa shape index (κ3) is 2.99. The van der Waals surface area contributed by atoms with Gasteiger partial charge in [-0.1, -0.05) is 13.0 Å². The van der Waals surface area contributed by atoms with Crippen molar-refractivity contribution in [2.45, 2.75) is 27.2 Å². The van der Waals surface area contributed by atoms with Crippen molar-refractivity contribution in [2.24, 2.45) is 0 Å². The molecule has 0 aliphatic heterocycles. The predicted molar refractivity (Wildman–Crippen MR) is 66.8 cm³/mol. The summed E-state index contributed by atoms with van der Waals surface area (Å²) >= 11 is 5.59. The van der Waals surface area contributed by atoms with Crippen molar-refractivity contribution < 1.29 is 9.53 Å². The lowest BCUT2D eigenvalue weighted by molar-refractivity contribution is 0.101. The Labute approximate surface area is 102 Å². The number of ether oxygens (including phenoxy) is 1. The van der Waals surface area contributed by atoms with Gasteiger partial charge in [0.25, 0.3) is 0 Å². The summed E-state index contributed by atoms with van der Waals surface area (Å²) in [6.07, 6.45) is 0.918. The van der Waals surface area contributed by atoms with Crippen LogP contribution in [-0.2, 0) is 0 Å². The Morgan fingerprint density at radius 2 is 2.06 bits per heavy atom. The highest BCUT2D eigenvalue weighted by molar-refractivity contribution is 6.30. The molecule has 3 heteroatoms. The molecule has 1 aromatic carbocycles. The van der Waals surface area contributed by atoms with Crippen LogP contribution >= 0.6 is 11.6 Å². The fourth-order valence-electron chi connectivity index (χ4n) is 1.63. The highest BCUT2D eigenvalue weighted by Gasteiger charge is 2.14. The molecule has 88 valence electrons. The summed E-state index contributed by atoms with van der Waals surface area (Å²) in [7, 11) is 0. The van der Waals surface area contributed by atoms with Crippen LogP contribution in [0.2, 0.25) is 0 Å². The van der Waals surface area contributed by atoms with E-state index in [9.17, 15) is 4.79 Å². The highest BCUT2D eigenvalue weighted by atomic mass is 35.5. The molecule has 0 N–H and O–H groups in total. The van der Waals surface area contributed by atoms with Crippen LogP contribution in [0.4, 0.5) is 0 Å². The maximum atomic E-state index is 11.7. The SMILES string of the molecule is CCCOc1c(C)cc(C)cc1C(=O)CCl. The lowest BCUT2D eigenvalue weighted by atomic mass is 10.0. The minimum Gasteiger partial charge on any atom is -0.493 e. The summed E-state index contributed by atoms with van der Waals surface area (Å²) in [5.74, 6) is 0.587. The number of ketones is 1. The van der Waals surface area contributed by atoms with Crippen LogP contribution in [-0.4, -0.2) is 18.3 Å². The van der Waals surface area contributed by atoms with E-state index in [0.717, 1.165) is 17.5 Å². The monoisotopic (exact) mass is 240 g/mol. The minimum atomic E-state index is -0.0837. The van der Waals surface area contributed by atoms with E-state index in [0.29, 0.717) is 17.9 Å². The summed E-state index contributed by atoms with van der Waals surface area (Å²) in [6, 6.07) is 3.85. The van der Waals surface area contributed by atoms with E-state index in [1.54, 1.807) is 0 Å². The first-order valence-corrected chi connectivity index (χ1v) is 5.96. The fraction of sp³-hybridized carbons (Fsp3) is 0.462. The molecule has 0 heterocycles. The largest absolute Gasteiger partial charge is 0.493 e. The van der Waals surface area contributed by atoms with Crippen molar-refractivity contribution in [1.82, 2.24) is 0 Å². The number of halogens is 1. The molecule has 16 heavy (non-hydrogen) atoms. The molecule has 0 aliphatic carbocycles. The third-order valence-electron chi connectivity index (χ3n) is 2.29. The summed E-state index contributed by atoms with van der Waals surface area (Å²) in [4.78, 5) is 11.7. The van der Waals surface area contributed by atoms with Gasteiger partial charge in [-0.2, -0.15) is 0 Å². The lowest BCUT2D eigenvalue weighted by Gasteiger charge is -2.13. The van der Waals surface area contributed by atoms with E-state index < -0.39 is 0 Å². The molecule has 0 saturated carbocycles. The molecule has 0 spiro atoms. The van der Waals surface area contributed by atoms with Crippen LogP contribution in [0, 0.1) is 13.8 Å². The molecule has 0 aliphatic rings. The first-order valence-electron chi connectivity index (χ1n) is 5.43. The number of aryl methyl sites for hydroxylation is 2. The number of alkyl halides is 1. The molecule has 0 aromatic heterocycles. The summed E-state index contributed by atoms with van der Waals surface area (Å²) in [5.41, 5.74) is 2.64. The number of carbonyl (C=O) groups excluding carboxylic acids is 1. The van der Waals surface area contributed by atoms with Crippen molar-refractivity contribution in [3.8, 4) is 5.75 Å². The maximum absolute atomic E-state index is 11.7. The number of hydrogen-bond acceptors (Lipinski definition) is 2. The van der Waals surface area contributed by atoms with Gasteiger partial charge in [-0.05, 0) is 37.5 Å². The van der Waals surface area contributed by atoms with E-state index >= 15 is 0 Å². The second-order valence-electron chi connectivity index (χ2n) is 3.86. The zero-order valence-electron chi connectivity index (χ0n) is 9.97. The maximum Gasteiger partial charge on any atom is 0.181 e. The zero-order valence-corrected chi connectivity index (χ0v) is 10.7. The van der Waals surface area contributed by atoms with Crippen LogP contribution in [0.1, 0.15) is 34.8 Å². The molecule has 2 nitrogen and oxygen atoms in total. The van der Waals surface area contributed by atoms with Gasteiger partial charge in [0, 0.05) is 0 Å². The first-order chi connectivity index (χ1) is 7.60. The smallest absolute Gasteiger partial charge is 0.181 e. The van der Waals surface area contributed by atoms with E-state index in [1.165, 1.54) is 0 Å². The van der Waals surface area contributed by atoms with E-state index in [-0.39, 0.29) is 11.7 Å². The Morgan fingerprint density at radius 3 is 2.62 bits per heavy atom. The number of hydrogen-bond donors (Lipinski definition) is 0. The van der Waals surface area contributed by atoms with E-state index in [1.807, 2.05) is 32.9 Å². The van der Waals surface area contributed by atoms with Gasteiger partial charge in [-0.15, -0.1) is 11.6 Å². The van der Waals surface area contributed by atoms with Gasteiger partial charge >= 0.3 is 0 Å². The molecule has 1 rings (SSSR count). The van der Waals surface area contributed by atoms with E-state index in [4.69, 9.17) is 16.3 Å². The average molecular weight is 241 g/mol. The quantitative estimate of drug-likeness (QED) is 0.582. The Bertz CT molecular complexity index is 386. The minimum absolute atomic E-state index is 0.00855. The number of carbonyl (C=O) groups is 1. The van der Waals surface area contributed by atoms with Crippen LogP contribution in [0.15, 0.2) is 12.1 Å². The molecule has 0 atom stereocenters. The second kappa shape index (κ2) is 5.90. The molecule has 1 aromatic rings. The molecular weight excluding hydrogens is 224 g/mol. The molecule has 0 radical (unpaired) electrons. The molecular formula is C13H17ClO2. The fourth-order valence-corrected chi connectivity index (χ4v) is 1.77. The van der Waals surface area contributed by atoms with Crippen LogP contribution < -0.4 is 4.74 Å². The topological polar surface area (TPSA) is 26.3 Å². The number of rotatable bonds is 5. The van der Waals surface area contributed by atoms with Gasteiger partial charge in [0.1, 0.15) is 5.75 Å². The standard InChI is InChI=1S/C13H17ClO2/c1-4-5-16-13-10(3)6-9(2)7-11(13)12(15)8-14/h6-7H,4-5,8H2,1-3H3. The Hall–Kier alpha value is -1.02. The van der Waals surface area contributed by atoms with Gasteiger partial charge < -0.3 is 4.74 Å². The summed E-state index contributed by atoms with van der Waals surface area (Å²) in [5, 5.41) is 0. The lowest BCUT2D eigenvalue weighted by Crippen LogP contribution is -2.08. The normalized spacial score (nSPS) is 10.2.